The molecule has 0 fully saturated rings. The lowest BCUT2D eigenvalue weighted by molar-refractivity contribution is -0.460. The number of aromatic nitrogens is 2. The molecule has 0 atom stereocenters. The van der Waals surface area contributed by atoms with Gasteiger partial charge in [-0.3, -0.25) is 16.5 Å². The number of hydrogen-bond donors (Lipinski definition) is 4. The third-order valence-electron chi connectivity index (χ3n) is 3.49. The summed E-state index contributed by atoms with van der Waals surface area (Å²) < 4.78 is 0. The minimum absolute atomic E-state index is 0.276. The van der Waals surface area contributed by atoms with Crippen molar-refractivity contribution >= 4 is 27.8 Å². The fourth-order valence-electron chi connectivity index (χ4n) is 2.57. The number of nitrogens with one attached hydrogen (secondary N) is 3. The quantitative estimate of drug-likeness (QED) is 0.290. The van der Waals surface area contributed by atoms with Crippen LogP contribution < -0.4 is 21.4 Å². The molecule has 102 valence electrons. The molecule has 0 spiro atoms. The lowest BCUT2D eigenvalue weighted by atomic mass is 10.1. The van der Waals surface area contributed by atoms with Crippen LogP contribution in [0.3, 0.4) is 0 Å². The van der Waals surface area contributed by atoms with Gasteiger partial charge in [-0.15, -0.1) is 0 Å². The van der Waals surface area contributed by atoms with Crippen molar-refractivity contribution in [1.29, 1.82) is 0 Å². The van der Waals surface area contributed by atoms with E-state index in [9.17, 15) is 0 Å². The van der Waals surface area contributed by atoms with E-state index < -0.39 is 0 Å². The molecule has 0 radical (unpaired) electrons. The van der Waals surface area contributed by atoms with Crippen molar-refractivity contribution in [2.45, 2.75) is 12.8 Å². The number of rotatable bonds is 4. The average Bonchev–Trinajstić information content (AvgIpc) is 2.83. The van der Waals surface area contributed by atoms with Gasteiger partial charge >= 0.3 is 5.96 Å². The first-order chi connectivity index (χ1) is 9.75. The van der Waals surface area contributed by atoms with E-state index in [1.54, 1.807) is 0 Å². The minimum atomic E-state index is 0.276. The van der Waals surface area contributed by atoms with Crippen LogP contribution in [0, 0.1) is 0 Å². The second-order valence-corrected chi connectivity index (χ2v) is 4.90. The molecule has 0 unspecified atom stereocenters. The van der Waals surface area contributed by atoms with Gasteiger partial charge in [0.05, 0.1) is 6.54 Å². The van der Waals surface area contributed by atoms with E-state index >= 15 is 0 Å². The van der Waals surface area contributed by atoms with Crippen LogP contribution in [0.15, 0.2) is 36.5 Å². The van der Waals surface area contributed by atoms with Crippen LogP contribution in [0.25, 0.3) is 21.8 Å². The van der Waals surface area contributed by atoms with Crippen LogP contribution in [-0.4, -0.2) is 17.5 Å². The Balaban J connectivity index is 1.93. The highest BCUT2D eigenvalue weighted by atomic mass is 15.0. The van der Waals surface area contributed by atoms with Gasteiger partial charge in [-0.25, -0.2) is 4.98 Å². The summed E-state index contributed by atoms with van der Waals surface area (Å²) >= 11 is 0. The van der Waals surface area contributed by atoms with Gasteiger partial charge in [0.1, 0.15) is 5.52 Å². The molecule has 5 nitrogen and oxygen atoms in total. The molecule has 2 heterocycles. The first-order valence-corrected chi connectivity index (χ1v) is 6.77. The molecule has 0 bridgehead atoms. The molecule has 0 amide bonds. The van der Waals surface area contributed by atoms with E-state index in [0.717, 1.165) is 19.4 Å². The van der Waals surface area contributed by atoms with Gasteiger partial charge in [0.15, 0.2) is 6.20 Å². The Labute approximate surface area is 116 Å². The molecular formula is C15H19N5+2. The van der Waals surface area contributed by atoms with Crippen LogP contribution >= 0.6 is 0 Å². The number of aromatic amines is 2. The topological polar surface area (TPSA) is 95.9 Å². The second kappa shape index (κ2) is 5.21. The molecule has 2 aromatic heterocycles. The Morgan fingerprint density at radius 1 is 1.15 bits per heavy atom. The van der Waals surface area contributed by atoms with Crippen molar-refractivity contribution in [2.75, 3.05) is 6.54 Å². The van der Waals surface area contributed by atoms with E-state index in [1.165, 1.54) is 27.5 Å². The van der Waals surface area contributed by atoms with Crippen LogP contribution in [0.2, 0.25) is 0 Å². The van der Waals surface area contributed by atoms with Gasteiger partial charge < -0.3 is 4.98 Å². The van der Waals surface area contributed by atoms with Crippen LogP contribution in [0.1, 0.15) is 12.1 Å². The molecule has 0 saturated heterocycles. The highest BCUT2D eigenvalue weighted by Crippen LogP contribution is 2.25. The summed E-state index contributed by atoms with van der Waals surface area (Å²) in [6.45, 7) is 0.771. The molecule has 7 N–H and O–H groups in total. The minimum Gasteiger partial charge on any atom is -0.349 e. The maximum atomic E-state index is 5.38. The first kappa shape index (κ1) is 12.5. The fraction of sp³-hybridized carbons (Fsp3) is 0.200. The molecule has 5 heteroatoms. The van der Waals surface area contributed by atoms with Crippen molar-refractivity contribution in [2.24, 2.45) is 11.5 Å². The van der Waals surface area contributed by atoms with Crippen molar-refractivity contribution in [3.05, 3.63) is 42.2 Å². The van der Waals surface area contributed by atoms with E-state index in [0.29, 0.717) is 0 Å². The zero-order chi connectivity index (χ0) is 13.9. The van der Waals surface area contributed by atoms with Crippen LogP contribution in [-0.2, 0) is 6.42 Å². The summed E-state index contributed by atoms with van der Waals surface area (Å²) in [5, 5.41) is 2.52. The average molecular weight is 269 g/mol. The number of hydrogen-bond acceptors (Lipinski definition) is 0. The second-order valence-electron chi connectivity index (χ2n) is 4.90. The predicted molar refractivity (Wildman–Crippen MR) is 79.9 cm³/mol. The smallest absolute Gasteiger partial charge is 0.338 e. The van der Waals surface area contributed by atoms with Crippen molar-refractivity contribution in [3.63, 3.8) is 0 Å². The summed E-state index contributed by atoms with van der Waals surface area (Å²) in [5.41, 5.74) is 14.3. The SMILES string of the molecule is NC(N)=[NH+]CCCc1[nH+]ccc2c1[nH]c1ccccc12. The van der Waals surface area contributed by atoms with Gasteiger partial charge in [0.2, 0.25) is 5.69 Å². The molecule has 1 aromatic carbocycles. The molecule has 0 aliphatic carbocycles. The Hall–Kier alpha value is -2.56. The third kappa shape index (κ3) is 2.30. The van der Waals surface area contributed by atoms with E-state index in [1.807, 2.05) is 12.3 Å². The summed E-state index contributed by atoms with van der Waals surface area (Å²) in [7, 11) is 0. The van der Waals surface area contributed by atoms with Crippen molar-refractivity contribution < 1.29 is 9.98 Å². The number of aryl methyl sites for hydroxylation is 1. The zero-order valence-corrected chi connectivity index (χ0v) is 11.2. The first-order valence-electron chi connectivity index (χ1n) is 6.77. The van der Waals surface area contributed by atoms with E-state index in [4.69, 9.17) is 11.5 Å². The maximum Gasteiger partial charge on any atom is 0.338 e. The number of guanidine groups is 1. The van der Waals surface area contributed by atoms with E-state index in [2.05, 4.69) is 39.2 Å². The molecule has 0 saturated carbocycles. The van der Waals surface area contributed by atoms with Gasteiger partial charge in [0.25, 0.3) is 0 Å². The Bertz CT molecular complexity index is 768. The zero-order valence-electron chi connectivity index (χ0n) is 11.2. The highest BCUT2D eigenvalue weighted by molar-refractivity contribution is 6.07. The molecule has 3 aromatic rings. The Kier molecular flexibility index (Phi) is 3.25. The van der Waals surface area contributed by atoms with Gasteiger partial charge in [0, 0.05) is 28.8 Å². The normalized spacial score (nSPS) is 11.0. The lowest BCUT2D eigenvalue weighted by Crippen LogP contribution is -2.78. The molecule has 0 aliphatic heterocycles. The van der Waals surface area contributed by atoms with Gasteiger partial charge in [-0.1, -0.05) is 18.2 Å². The third-order valence-corrected chi connectivity index (χ3v) is 3.49. The van der Waals surface area contributed by atoms with Gasteiger partial charge in [-0.05, 0) is 12.5 Å². The van der Waals surface area contributed by atoms with Crippen molar-refractivity contribution in [1.82, 2.24) is 4.98 Å². The Morgan fingerprint density at radius 3 is 2.85 bits per heavy atom. The number of H-pyrrole nitrogens is 2. The Morgan fingerprint density at radius 2 is 2.00 bits per heavy atom. The molecule has 0 aliphatic rings. The number of fused-ring (bicyclic) bond motifs is 3. The predicted octanol–water partition coefficient (Wildman–Crippen LogP) is -0.578. The summed E-state index contributed by atoms with van der Waals surface area (Å²) in [5.74, 6) is 0.276. The summed E-state index contributed by atoms with van der Waals surface area (Å²) in [4.78, 5) is 9.76. The maximum absolute atomic E-state index is 5.38. The summed E-state index contributed by atoms with van der Waals surface area (Å²) in [6, 6.07) is 10.5. The van der Waals surface area contributed by atoms with Gasteiger partial charge in [-0.2, -0.15) is 0 Å². The monoisotopic (exact) mass is 269 g/mol. The largest absolute Gasteiger partial charge is 0.349 e. The van der Waals surface area contributed by atoms with Crippen molar-refractivity contribution in [3.8, 4) is 0 Å². The lowest BCUT2D eigenvalue weighted by Gasteiger charge is -1.95. The standard InChI is InChI=1S/C15H17N5/c16-15(17)19-8-3-6-13-14-11(7-9-18-13)10-4-1-2-5-12(10)20-14/h1-2,4-5,7,9,20H,3,6,8H2,(H4,16,17,19)/p+2. The molecule has 20 heavy (non-hydrogen) atoms. The molecule has 3 rings (SSSR count). The number of nitrogens with two attached hydrogens (primary N) is 2. The fourth-order valence-corrected chi connectivity index (χ4v) is 2.57. The number of para-hydroxylation sites is 1. The highest BCUT2D eigenvalue weighted by Gasteiger charge is 2.12. The van der Waals surface area contributed by atoms with E-state index in [-0.39, 0.29) is 5.96 Å². The molecular weight excluding hydrogens is 250 g/mol. The van der Waals surface area contributed by atoms with Crippen LogP contribution in [0.5, 0.6) is 0 Å². The summed E-state index contributed by atoms with van der Waals surface area (Å²) in [6.07, 6.45) is 3.89. The number of pyridine rings is 1. The number of benzene rings is 1. The van der Waals surface area contributed by atoms with Crippen LogP contribution in [0.4, 0.5) is 0 Å².